The van der Waals surface area contributed by atoms with Crippen molar-refractivity contribution in [2.24, 2.45) is 0 Å². The van der Waals surface area contributed by atoms with Gasteiger partial charge in [-0.25, -0.2) is 4.79 Å². The summed E-state index contributed by atoms with van der Waals surface area (Å²) in [6.45, 7) is 0. The van der Waals surface area contributed by atoms with E-state index in [4.69, 9.17) is 9.84 Å². The van der Waals surface area contributed by atoms with E-state index < -0.39 is 5.97 Å². The van der Waals surface area contributed by atoms with Crippen LogP contribution in [-0.4, -0.2) is 36.3 Å². The van der Waals surface area contributed by atoms with E-state index in [1.165, 1.54) is 6.20 Å². The number of hydrogen-bond donors (Lipinski definition) is 1. The largest absolute Gasteiger partial charge is 0.487 e. The topological polar surface area (TPSA) is 62.7 Å². The molecule has 1 aromatic rings. The molecule has 1 N–H and O–H groups in total. The summed E-state index contributed by atoms with van der Waals surface area (Å²) in [7, 11) is 3.67. The molecule has 1 fully saturated rings. The molecule has 1 aliphatic rings. The van der Waals surface area contributed by atoms with Gasteiger partial charge in [-0.3, -0.25) is 4.98 Å². The third-order valence-electron chi connectivity index (χ3n) is 2.40. The van der Waals surface area contributed by atoms with Gasteiger partial charge >= 0.3 is 5.97 Å². The van der Waals surface area contributed by atoms with Crippen LogP contribution in [0.15, 0.2) is 12.4 Å². The Bertz CT molecular complexity index is 414. The van der Waals surface area contributed by atoms with E-state index in [9.17, 15) is 4.79 Å². The molecule has 0 unspecified atom stereocenters. The van der Waals surface area contributed by atoms with Gasteiger partial charge in [0, 0.05) is 20.3 Å². The van der Waals surface area contributed by atoms with Crippen LogP contribution < -0.4 is 9.64 Å². The summed E-state index contributed by atoms with van der Waals surface area (Å²) in [5, 5.41) is 9.07. The number of pyridine rings is 1. The lowest BCUT2D eigenvalue weighted by molar-refractivity contribution is 0.0691. The van der Waals surface area contributed by atoms with E-state index in [2.05, 4.69) is 4.98 Å². The molecule has 2 rings (SSSR count). The Balaban J connectivity index is 2.42. The van der Waals surface area contributed by atoms with Crippen molar-refractivity contribution in [2.75, 3.05) is 19.0 Å². The zero-order valence-corrected chi connectivity index (χ0v) is 9.30. The summed E-state index contributed by atoms with van der Waals surface area (Å²) in [4.78, 5) is 16.8. The standard InChI is InChI=1S/C11H14N2O3/c1-13(2)9-6-12-5-8(11(14)15)10(9)16-7-3-4-7/h5-7H,3-4H2,1-2H3,(H,14,15). The second-order valence-corrected chi connectivity index (χ2v) is 4.05. The molecule has 0 spiro atoms. The van der Waals surface area contributed by atoms with Crippen molar-refractivity contribution in [1.29, 1.82) is 0 Å². The first kappa shape index (κ1) is 10.7. The van der Waals surface area contributed by atoms with Gasteiger partial charge in [0.05, 0.1) is 18.0 Å². The summed E-state index contributed by atoms with van der Waals surface area (Å²) < 4.78 is 5.65. The lowest BCUT2D eigenvalue weighted by Crippen LogP contribution is -2.14. The average Bonchev–Trinajstić information content (AvgIpc) is 3.01. The van der Waals surface area contributed by atoms with Crippen molar-refractivity contribution >= 4 is 11.7 Å². The Kier molecular flexibility index (Phi) is 2.68. The molecular formula is C11H14N2O3. The van der Waals surface area contributed by atoms with E-state index >= 15 is 0 Å². The molecule has 5 heteroatoms. The van der Waals surface area contributed by atoms with Gasteiger partial charge in [0.1, 0.15) is 5.56 Å². The molecule has 16 heavy (non-hydrogen) atoms. The van der Waals surface area contributed by atoms with E-state index in [1.807, 2.05) is 14.1 Å². The van der Waals surface area contributed by atoms with Crippen molar-refractivity contribution in [3.05, 3.63) is 18.0 Å². The Hall–Kier alpha value is -1.78. The summed E-state index contributed by atoms with van der Waals surface area (Å²) >= 11 is 0. The number of ether oxygens (including phenoxy) is 1. The lowest BCUT2D eigenvalue weighted by atomic mass is 10.2. The molecule has 1 heterocycles. The van der Waals surface area contributed by atoms with Gasteiger partial charge in [0.15, 0.2) is 5.75 Å². The van der Waals surface area contributed by atoms with Crippen LogP contribution in [0.25, 0.3) is 0 Å². The third-order valence-corrected chi connectivity index (χ3v) is 2.40. The number of rotatable bonds is 4. The molecular weight excluding hydrogens is 208 g/mol. The van der Waals surface area contributed by atoms with Crippen LogP contribution in [0.2, 0.25) is 0 Å². The number of carbonyl (C=O) groups is 1. The highest BCUT2D eigenvalue weighted by Gasteiger charge is 2.28. The number of aromatic nitrogens is 1. The van der Waals surface area contributed by atoms with Crippen molar-refractivity contribution < 1.29 is 14.6 Å². The predicted molar refractivity (Wildman–Crippen MR) is 59.2 cm³/mol. The molecule has 5 nitrogen and oxygen atoms in total. The number of aromatic carboxylic acids is 1. The molecule has 0 saturated heterocycles. The van der Waals surface area contributed by atoms with Gasteiger partial charge in [-0.2, -0.15) is 0 Å². The fourth-order valence-electron chi connectivity index (χ4n) is 1.38. The van der Waals surface area contributed by atoms with Gasteiger partial charge in [-0.15, -0.1) is 0 Å². The van der Waals surface area contributed by atoms with Crippen LogP contribution >= 0.6 is 0 Å². The van der Waals surface area contributed by atoms with E-state index in [-0.39, 0.29) is 11.7 Å². The van der Waals surface area contributed by atoms with Crippen LogP contribution in [0.1, 0.15) is 23.2 Å². The molecule has 1 aliphatic carbocycles. The molecule has 0 atom stereocenters. The van der Waals surface area contributed by atoms with E-state index in [0.29, 0.717) is 11.4 Å². The second-order valence-electron chi connectivity index (χ2n) is 4.05. The molecule has 0 bridgehead atoms. The lowest BCUT2D eigenvalue weighted by Gasteiger charge is -2.18. The zero-order chi connectivity index (χ0) is 11.7. The van der Waals surface area contributed by atoms with Crippen LogP contribution in [0.5, 0.6) is 5.75 Å². The molecule has 0 aromatic carbocycles. The minimum absolute atomic E-state index is 0.123. The quantitative estimate of drug-likeness (QED) is 0.834. The van der Waals surface area contributed by atoms with Crippen molar-refractivity contribution in [2.45, 2.75) is 18.9 Å². The maximum atomic E-state index is 11.1. The number of nitrogens with zero attached hydrogens (tertiary/aromatic N) is 2. The maximum absolute atomic E-state index is 11.1. The highest BCUT2D eigenvalue weighted by Crippen LogP contribution is 2.35. The van der Waals surface area contributed by atoms with Crippen LogP contribution in [0, 0.1) is 0 Å². The fraction of sp³-hybridized carbons (Fsp3) is 0.455. The highest BCUT2D eigenvalue weighted by atomic mass is 16.5. The minimum Gasteiger partial charge on any atom is -0.487 e. The molecule has 1 aromatic heterocycles. The van der Waals surface area contributed by atoms with Crippen molar-refractivity contribution in [3.8, 4) is 5.75 Å². The minimum atomic E-state index is -1.01. The van der Waals surface area contributed by atoms with E-state index in [1.54, 1.807) is 11.1 Å². The van der Waals surface area contributed by atoms with Crippen LogP contribution in [0.4, 0.5) is 5.69 Å². The van der Waals surface area contributed by atoms with Gasteiger partial charge in [0.2, 0.25) is 0 Å². The first-order chi connectivity index (χ1) is 7.59. The van der Waals surface area contributed by atoms with Gasteiger partial charge in [-0.1, -0.05) is 0 Å². The number of hydrogen-bond acceptors (Lipinski definition) is 4. The Morgan fingerprint density at radius 1 is 1.50 bits per heavy atom. The molecule has 0 amide bonds. The summed E-state index contributed by atoms with van der Waals surface area (Å²) in [5.74, 6) is -0.582. The Morgan fingerprint density at radius 3 is 2.69 bits per heavy atom. The van der Waals surface area contributed by atoms with Crippen LogP contribution in [-0.2, 0) is 0 Å². The fourth-order valence-corrected chi connectivity index (χ4v) is 1.38. The Labute approximate surface area is 93.7 Å². The number of carboxylic acids is 1. The number of anilines is 1. The first-order valence-corrected chi connectivity index (χ1v) is 5.15. The molecule has 86 valence electrons. The Morgan fingerprint density at radius 2 is 2.19 bits per heavy atom. The molecule has 0 aliphatic heterocycles. The van der Waals surface area contributed by atoms with Crippen molar-refractivity contribution in [3.63, 3.8) is 0 Å². The van der Waals surface area contributed by atoms with E-state index in [0.717, 1.165) is 12.8 Å². The number of carboxylic acid groups (broad SMARTS) is 1. The molecule has 0 radical (unpaired) electrons. The van der Waals surface area contributed by atoms with Gasteiger partial charge in [-0.05, 0) is 12.8 Å². The zero-order valence-electron chi connectivity index (χ0n) is 9.30. The second kappa shape index (κ2) is 4.00. The summed E-state index contributed by atoms with van der Waals surface area (Å²) in [6, 6.07) is 0. The van der Waals surface area contributed by atoms with Gasteiger partial charge in [0.25, 0.3) is 0 Å². The normalized spacial score (nSPS) is 14.6. The van der Waals surface area contributed by atoms with Crippen molar-refractivity contribution in [1.82, 2.24) is 4.98 Å². The molecule has 1 saturated carbocycles. The summed E-state index contributed by atoms with van der Waals surface area (Å²) in [5.41, 5.74) is 0.824. The SMILES string of the molecule is CN(C)c1cncc(C(=O)O)c1OC1CC1. The van der Waals surface area contributed by atoms with Crippen LogP contribution in [0.3, 0.4) is 0 Å². The maximum Gasteiger partial charge on any atom is 0.341 e. The first-order valence-electron chi connectivity index (χ1n) is 5.15. The smallest absolute Gasteiger partial charge is 0.341 e. The summed E-state index contributed by atoms with van der Waals surface area (Å²) in [6.07, 6.45) is 5.10. The third kappa shape index (κ3) is 2.08. The van der Waals surface area contributed by atoms with Gasteiger partial charge < -0.3 is 14.7 Å². The monoisotopic (exact) mass is 222 g/mol. The predicted octanol–water partition coefficient (Wildman–Crippen LogP) is 1.39. The average molecular weight is 222 g/mol. The highest BCUT2D eigenvalue weighted by molar-refractivity contribution is 5.93.